The molecule has 0 bridgehead atoms. The molecule has 1 aliphatic rings. The molecule has 0 amide bonds. The Kier molecular flexibility index (Phi) is 5.52. The Morgan fingerprint density at radius 3 is 2.70 bits per heavy atom. The van der Waals surface area contributed by atoms with E-state index in [4.69, 9.17) is 10.8 Å². The number of aliphatic hydroxyl groups excluding tert-OH is 1. The zero-order valence-electron chi connectivity index (χ0n) is 12.1. The molecule has 1 saturated heterocycles. The lowest BCUT2D eigenvalue weighted by molar-refractivity contribution is 0.0967. The van der Waals surface area contributed by atoms with Crippen molar-refractivity contribution in [1.29, 1.82) is 0 Å². The minimum Gasteiger partial charge on any atom is -0.396 e. The third-order valence-electron chi connectivity index (χ3n) is 4.19. The Labute approximate surface area is 120 Å². The van der Waals surface area contributed by atoms with Crippen molar-refractivity contribution in [2.45, 2.75) is 38.3 Å². The molecule has 1 aromatic carbocycles. The highest BCUT2D eigenvalue weighted by Gasteiger charge is 2.28. The molecule has 0 aliphatic carbocycles. The molecule has 3 N–H and O–H groups in total. The number of likely N-dealkylation sites (tertiary alicyclic amines) is 1. The van der Waals surface area contributed by atoms with E-state index in [9.17, 15) is 4.39 Å². The van der Waals surface area contributed by atoms with E-state index in [0.29, 0.717) is 5.92 Å². The molecule has 4 heteroatoms. The van der Waals surface area contributed by atoms with Gasteiger partial charge < -0.3 is 10.8 Å². The quantitative estimate of drug-likeness (QED) is 0.870. The summed E-state index contributed by atoms with van der Waals surface area (Å²) in [6.45, 7) is 4.23. The van der Waals surface area contributed by atoms with E-state index in [1.165, 1.54) is 18.6 Å². The third kappa shape index (κ3) is 3.78. The van der Waals surface area contributed by atoms with Crippen LogP contribution in [0.1, 0.15) is 37.8 Å². The van der Waals surface area contributed by atoms with Crippen molar-refractivity contribution in [1.82, 2.24) is 4.90 Å². The normalized spacial score (nSPS) is 23.5. The van der Waals surface area contributed by atoms with Crippen molar-refractivity contribution in [3.05, 3.63) is 35.6 Å². The first-order valence-electron chi connectivity index (χ1n) is 7.47. The molecule has 1 aliphatic heterocycles. The van der Waals surface area contributed by atoms with E-state index in [2.05, 4.69) is 4.90 Å². The maximum atomic E-state index is 13.1. The fraction of sp³-hybridized carbons (Fsp3) is 0.625. The van der Waals surface area contributed by atoms with Crippen molar-refractivity contribution in [3.63, 3.8) is 0 Å². The summed E-state index contributed by atoms with van der Waals surface area (Å²) in [6, 6.07) is 6.78. The highest BCUT2D eigenvalue weighted by atomic mass is 19.1. The molecule has 0 radical (unpaired) electrons. The fourth-order valence-electron chi connectivity index (χ4n) is 3.27. The van der Waals surface area contributed by atoms with Crippen molar-refractivity contribution in [2.75, 3.05) is 19.7 Å². The standard InChI is InChI=1S/C16H25FN2O/c1-12(18)16(14-4-6-15(17)7-5-14)19-9-2-3-13(11-19)8-10-20/h4-7,12-13,16,20H,2-3,8-11,18H2,1H3. The van der Waals surface area contributed by atoms with Crippen LogP contribution in [0.3, 0.4) is 0 Å². The summed E-state index contributed by atoms with van der Waals surface area (Å²) in [7, 11) is 0. The summed E-state index contributed by atoms with van der Waals surface area (Å²) >= 11 is 0. The predicted octanol–water partition coefficient (Wildman–Crippen LogP) is 2.31. The summed E-state index contributed by atoms with van der Waals surface area (Å²) in [5.41, 5.74) is 7.25. The molecular weight excluding hydrogens is 255 g/mol. The Bertz CT molecular complexity index is 405. The number of hydrogen-bond acceptors (Lipinski definition) is 3. The van der Waals surface area contributed by atoms with Crippen LogP contribution in [-0.4, -0.2) is 35.7 Å². The van der Waals surface area contributed by atoms with Crippen molar-refractivity contribution in [2.24, 2.45) is 11.7 Å². The number of aliphatic hydroxyl groups is 1. The topological polar surface area (TPSA) is 49.5 Å². The van der Waals surface area contributed by atoms with Gasteiger partial charge in [-0.2, -0.15) is 0 Å². The van der Waals surface area contributed by atoms with Gasteiger partial charge in [-0.15, -0.1) is 0 Å². The first kappa shape index (κ1) is 15.4. The van der Waals surface area contributed by atoms with Crippen LogP contribution >= 0.6 is 0 Å². The molecule has 1 aromatic rings. The highest BCUT2D eigenvalue weighted by Crippen LogP contribution is 2.30. The lowest BCUT2D eigenvalue weighted by Gasteiger charge is -2.40. The zero-order valence-corrected chi connectivity index (χ0v) is 12.1. The molecule has 1 fully saturated rings. The van der Waals surface area contributed by atoms with Crippen LogP contribution in [0.15, 0.2) is 24.3 Å². The van der Waals surface area contributed by atoms with Crippen LogP contribution in [0.5, 0.6) is 0 Å². The largest absolute Gasteiger partial charge is 0.396 e. The number of benzene rings is 1. The summed E-state index contributed by atoms with van der Waals surface area (Å²) in [4.78, 5) is 2.39. The fourth-order valence-corrected chi connectivity index (χ4v) is 3.27. The minimum absolute atomic E-state index is 0.00617. The summed E-state index contributed by atoms with van der Waals surface area (Å²) in [5.74, 6) is 0.324. The molecule has 0 spiro atoms. The molecule has 3 atom stereocenters. The van der Waals surface area contributed by atoms with Gasteiger partial charge in [-0.05, 0) is 56.3 Å². The first-order valence-corrected chi connectivity index (χ1v) is 7.47. The van der Waals surface area contributed by atoms with Gasteiger partial charge in [0.05, 0.1) is 0 Å². The molecule has 112 valence electrons. The van der Waals surface area contributed by atoms with Gasteiger partial charge in [0.1, 0.15) is 5.82 Å². The van der Waals surface area contributed by atoms with Crippen molar-refractivity contribution >= 4 is 0 Å². The molecule has 0 aromatic heterocycles. The molecule has 20 heavy (non-hydrogen) atoms. The van der Waals surface area contributed by atoms with Gasteiger partial charge in [0.15, 0.2) is 0 Å². The van der Waals surface area contributed by atoms with Crippen molar-refractivity contribution in [3.8, 4) is 0 Å². The molecule has 3 nitrogen and oxygen atoms in total. The van der Waals surface area contributed by atoms with Gasteiger partial charge in [-0.25, -0.2) is 4.39 Å². The van der Waals surface area contributed by atoms with E-state index in [1.807, 2.05) is 19.1 Å². The van der Waals surface area contributed by atoms with E-state index >= 15 is 0 Å². The Balaban J connectivity index is 2.13. The van der Waals surface area contributed by atoms with Crippen LogP contribution < -0.4 is 5.73 Å². The first-order chi connectivity index (χ1) is 9.61. The number of halogens is 1. The molecule has 3 unspecified atom stereocenters. The maximum absolute atomic E-state index is 13.1. The van der Waals surface area contributed by atoms with Crippen LogP contribution in [0.4, 0.5) is 4.39 Å². The van der Waals surface area contributed by atoms with Gasteiger partial charge in [0.2, 0.25) is 0 Å². The third-order valence-corrected chi connectivity index (χ3v) is 4.19. The highest BCUT2D eigenvalue weighted by molar-refractivity contribution is 5.21. The molecule has 1 heterocycles. The Hall–Kier alpha value is -0.970. The summed E-state index contributed by atoms with van der Waals surface area (Å²) < 4.78 is 13.1. The Morgan fingerprint density at radius 2 is 2.10 bits per heavy atom. The maximum Gasteiger partial charge on any atom is 0.123 e. The SMILES string of the molecule is CC(N)C(c1ccc(F)cc1)N1CCCC(CCO)C1. The summed E-state index contributed by atoms with van der Waals surface area (Å²) in [6.07, 6.45) is 3.16. The lowest BCUT2D eigenvalue weighted by atomic mass is 9.91. The Morgan fingerprint density at radius 1 is 1.40 bits per heavy atom. The number of rotatable bonds is 5. The minimum atomic E-state index is -0.214. The average molecular weight is 280 g/mol. The summed E-state index contributed by atoms with van der Waals surface area (Å²) in [5, 5.41) is 9.12. The van der Waals surface area contributed by atoms with Gasteiger partial charge in [-0.3, -0.25) is 4.90 Å². The monoisotopic (exact) mass is 280 g/mol. The van der Waals surface area contributed by atoms with Crippen LogP contribution in [0.25, 0.3) is 0 Å². The predicted molar refractivity (Wildman–Crippen MR) is 78.8 cm³/mol. The second-order valence-corrected chi connectivity index (χ2v) is 5.87. The lowest BCUT2D eigenvalue weighted by Crippen LogP contribution is -2.44. The molecule has 2 rings (SSSR count). The molecule has 0 saturated carbocycles. The number of nitrogens with two attached hydrogens (primary N) is 1. The van der Waals surface area contributed by atoms with Gasteiger partial charge in [0.25, 0.3) is 0 Å². The van der Waals surface area contributed by atoms with Gasteiger partial charge in [0, 0.05) is 25.2 Å². The number of piperidine rings is 1. The smallest absolute Gasteiger partial charge is 0.123 e. The number of nitrogens with zero attached hydrogens (tertiary/aromatic N) is 1. The second-order valence-electron chi connectivity index (χ2n) is 5.87. The van der Waals surface area contributed by atoms with E-state index in [-0.39, 0.29) is 24.5 Å². The number of hydrogen-bond donors (Lipinski definition) is 2. The average Bonchev–Trinajstić information content (AvgIpc) is 2.42. The van der Waals surface area contributed by atoms with E-state index < -0.39 is 0 Å². The van der Waals surface area contributed by atoms with Gasteiger partial charge in [-0.1, -0.05) is 12.1 Å². The van der Waals surface area contributed by atoms with E-state index in [1.54, 1.807) is 0 Å². The van der Waals surface area contributed by atoms with E-state index in [0.717, 1.165) is 31.5 Å². The van der Waals surface area contributed by atoms with Crippen molar-refractivity contribution < 1.29 is 9.50 Å². The van der Waals surface area contributed by atoms with Gasteiger partial charge >= 0.3 is 0 Å². The van der Waals surface area contributed by atoms with Crippen LogP contribution in [0.2, 0.25) is 0 Å². The second kappa shape index (κ2) is 7.16. The molecular formula is C16H25FN2O. The van der Waals surface area contributed by atoms with Crippen LogP contribution in [0, 0.1) is 11.7 Å². The zero-order chi connectivity index (χ0) is 14.5. The van der Waals surface area contributed by atoms with Crippen LogP contribution in [-0.2, 0) is 0 Å².